The third-order valence-electron chi connectivity index (χ3n) is 2.72. The van der Waals surface area contributed by atoms with Gasteiger partial charge in [0.1, 0.15) is 0 Å². The van der Waals surface area contributed by atoms with Crippen LogP contribution in [0.15, 0.2) is 21.7 Å². The zero-order valence-corrected chi connectivity index (χ0v) is 16.9. The van der Waals surface area contributed by atoms with Gasteiger partial charge < -0.3 is 4.79 Å². The number of thioether (sulfide) groups is 1. The molecule has 4 nitrogen and oxygen atoms in total. The second-order valence-corrected chi connectivity index (χ2v) is 6.41. The average molecular weight is 378 g/mol. The van der Waals surface area contributed by atoms with E-state index in [2.05, 4.69) is 32.5 Å². The predicted octanol–water partition coefficient (Wildman–Crippen LogP) is -0.199. The van der Waals surface area contributed by atoms with Crippen LogP contribution in [0.3, 0.4) is 0 Å². The van der Waals surface area contributed by atoms with Crippen LogP contribution in [0.2, 0.25) is 0 Å². The maximum Gasteiger partial charge on any atom is 1.00 e. The first-order valence-corrected chi connectivity index (χ1v) is 7.32. The number of hydrogen-bond donors (Lipinski definition) is 1. The van der Waals surface area contributed by atoms with E-state index < -0.39 is 5.41 Å². The summed E-state index contributed by atoms with van der Waals surface area (Å²) in [6, 6.07) is 6.81. The summed E-state index contributed by atoms with van der Waals surface area (Å²) in [5.74, 6) is 0.507. The van der Waals surface area contributed by atoms with Crippen LogP contribution in [0.25, 0.3) is 0 Å². The zero-order valence-electron chi connectivity index (χ0n) is 11.4. The summed E-state index contributed by atoms with van der Waals surface area (Å²) in [6.07, 6.45) is 2.01. The Kier molecular flexibility index (Phi) is 7.11. The monoisotopic (exact) mass is 377 g/mol. The minimum absolute atomic E-state index is 0. The van der Waals surface area contributed by atoms with Crippen molar-refractivity contribution in [1.82, 2.24) is 5.43 Å². The number of benzene rings is 1. The first-order chi connectivity index (χ1) is 8.92. The van der Waals surface area contributed by atoms with Crippen LogP contribution in [0.5, 0.6) is 0 Å². The van der Waals surface area contributed by atoms with Gasteiger partial charge in [0.25, 0.3) is 5.24 Å². The largest absolute Gasteiger partial charge is 1.00 e. The minimum Gasteiger partial charge on any atom is -0.541 e. The fourth-order valence-corrected chi connectivity index (χ4v) is 2.62. The smallest absolute Gasteiger partial charge is 0.541 e. The number of carbonyl (C=O) groups excluding carboxylic acids is 2. The van der Waals surface area contributed by atoms with E-state index in [0.29, 0.717) is 5.75 Å². The number of carbonyl (C=O) groups is 1. The molecule has 0 radical (unpaired) electrons. The summed E-state index contributed by atoms with van der Waals surface area (Å²) < 4.78 is 0.743. The Labute approximate surface area is 173 Å². The molecule has 0 saturated heterocycles. The summed E-state index contributed by atoms with van der Waals surface area (Å²) in [4.78, 5) is 22.1. The fraction of sp³-hybridized carbons (Fsp3) is 0.308. The predicted molar refractivity (Wildman–Crippen MR) is 79.2 cm³/mol. The number of halogens is 1. The first kappa shape index (κ1) is 18.5. The van der Waals surface area contributed by atoms with Gasteiger partial charge in [-0.1, -0.05) is 46.0 Å². The van der Waals surface area contributed by atoms with Crippen molar-refractivity contribution in [3.05, 3.63) is 33.8 Å². The molecule has 0 spiro atoms. The van der Waals surface area contributed by atoms with Gasteiger partial charge in [0.15, 0.2) is 0 Å². The molecular weight excluding hydrogens is 367 g/mol. The molecule has 0 fully saturated rings. The number of hydrogen-bond acceptors (Lipinski definition) is 4. The standard InChI is InChI=1S/C13H11BrN2O2S.K/c1-13(2,7-17)9-3-8(4-10(14)5-9)11-6-19-12(18)16-15-11;/h3-4H,6H2,1-2H3,(H,16,18);/q-2;+1. The van der Waals surface area contributed by atoms with E-state index in [1.54, 1.807) is 13.8 Å². The van der Waals surface area contributed by atoms with Gasteiger partial charge in [-0.2, -0.15) is 22.8 Å². The molecule has 1 aromatic rings. The third-order valence-corrected chi connectivity index (χ3v) is 3.92. The summed E-state index contributed by atoms with van der Waals surface area (Å²) in [6.45, 7) is 3.56. The van der Waals surface area contributed by atoms with Crippen LogP contribution in [0.1, 0.15) is 25.0 Å². The molecule has 0 unspecified atom stereocenters. The SMILES string of the molecule is CC(C)([C-]=O)c1[c-]c(Br)cc(C2=NNC(=O)SC2)c1.[K+]. The summed E-state index contributed by atoms with van der Waals surface area (Å²) in [5.41, 5.74) is 4.06. The molecule has 1 heterocycles. The molecule has 20 heavy (non-hydrogen) atoms. The van der Waals surface area contributed by atoms with Gasteiger partial charge in [0.05, 0.1) is 5.71 Å². The molecule has 1 N–H and O–H groups in total. The van der Waals surface area contributed by atoms with Crippen molar-refractivity contribution < 1.29 is 61.0 Å². The molecule has 2 rings (SSSR count). The van der Waals surface area contributed by atoms with Crippen LogP contribution in [-0.2, 0) is 10.2 Å². The Hall–Kier alpha value is 0.496. The minimum atomic E-state index is -0.732. The van der Waals surface area contributed by atoms with Gasteiger partial charge in [-0.15, -0.1) is 17.0 Å². The van der Waals surface area contributed by atoms with Crippen molar-refractivity contribution in [1.29, 1.82) is 0 Å². The Balaban J connectivity index is 0.00000200. The Morgan fingerprint density at radius 3 is 2.75 bits per heavy atom. The molecule has 0 saturated carbocycles. The van der Waals surface area contributed by atoms with Gasteiger partial charge in [-0.05, 0) is 0 Å². The average Bonchev–Trinajstić information content (AvgIpc) is 2.39. The third kappa shape index (κ3) is 4.49. The molecule has 0 atom stereocenters. The normalized spacial score (nSPS) is 14.9. The second-order valence-electron chi connectivity index (χ2n) is 4.60. The van der Waals surface area contributed by atoms with E-state index in [0.717, 1.165) is 33.1 Å². The maximum atomic E-state index is 11.1. The van der Waals surface area contributed by atoms with Crippen molar-refractivity contribution in [3.63, 3.8) is 0 Å². The van der Waals surface area contributed by atoms with Crippen molar-refractivity contribution in [2.24, 2.45) is 5.10 Å². The summed E-state index contributed by atoms with van der Waals surface area (Å²) >= 11 is 4.54. The van der Waals surface area contributed by atoms with Crippen LogP contribution in [-0.4, -0.2) is 23.0 Å². The summed E-state index contributed by atoms with van der Waals surface area (Å²) in [5, 5.41) is 3.87. The molecular formula is C13H11BrKN2O2S-. The topological polar surface area (TPSA) is 58.5 Å². The van der Waals surface area contributed by atoms with Crippen molar-refractivity contribution in [3.8, 4) is 0 Å². The number of rotatable bonds is 3. The van der Waals surface area contributed by atoms with Crippen LogP contribution >= 0.6 is 27.7 Å². The number of hydrazone groups is 1. The van der Waals surface area contributed by atoms with Gasteiger partial charge in [-0.3, -0.25) is 11.1 Å². The van der Waals surface area contributed by atoms with Crippen molar-refractivity contribution in [2.45, 2.75) is 19.3 Å². The van der Waals surface area contributed by atoms with Gasteiger partial charge in [0, 0.05) is 5.75 Å². The molecule has 100 valence electrons. The fourth-order valence-electron chi connectivity index (χ4n) is 1.55. The van der Waals surface area contributed by atoms with E-state index in [1.165, 1.54) is 0 Å². The van der Waals surface area contributed by atoms with Gasteiger partial charge >= 0.3 is 51.4 Å². The van der Waals surface area contributed by atoms with E-state index in [-0.39, 0.29) is 56.6 Å². The summed E-state index contributed by atoms with van der Waals surface area (Å²) in [7, 11) is 0. The van der Waals surface area contributed by atoms with E-state index >= 15 is 0 Å². The molecule has 1 aliphatic rings. The Bertz CT molecular complexity index is 575. The van der Waals surface area contributed by atoms with Crippen LogP contribution < -0.4 is 56.8 Å². The van der Waals surface area contributed by atoms with Crippen molar-refractivity contribution >= 4 is 44.9 Å². The molecule has 7 heteroatoms. The van der Waals surface area contributed by atoms with E-state index in [1.807, 2.05) is 18.4 Å². The zero-order chi connectivity index (χ0) is 14.0. The maximum absolute atomic E-state index is 11.1. The molecule has 0 aromatic heterocycles. The number of nitrogens with zero attached hydrogens (tertiary/aromatic N) is 1. The number of amides is 1. The van der Waals surface area contributed by atoms with Crippen LogP contribution in [0, 0.1) is 6.07 Å². The molecule has 1 amide bonds. The van der Waals surface area contributed by atoms with Crippen LogP contribution in [0.4, 0.5) is 4.79 Å². The number of nitrogens with one attached hydrogen (secondary N) is 1. The first-order valence-electron chi connectivity index (χ1n) is 5.55. The molecule has 1 aromatic carbocycles. The second kappa shape index (κ2) is 7.67. The van der Waals surface area contributed by atoms with Gasteiger partial charge in [0.2, 0.25) is 0 Å². The molecule has 0 bridgehead atoms. The van der Waals surface area contributed by atoms with E-state index in [4.69, 9.17) is 0 Å². The quantitative estimate of drug-likeness (QED) is 0.586. The Morgan fingerprint density at radius 1 is 1.50 bits per heavy atom. The molecule has 0 aliphatic carbocycles. The van der Waals surface area contributed by atoms with Gasteiger partial charge in [-0.25, -0.2) is 5.43 Å². The van der Waals surface area contributed by atoms with Crippen molar-refractivity contribution in [2.75, 3.05) is 5.75 Å². The molecule has 1 aliphatic heterocycles. The Morgan fingerprint density at radius 2 is 2.20 bits per heavy atom. The van der Waals surface area contributed by atoms with E-state index in [9.17, 15) is 9.59 Å².